The number of nitrogens with zero attached hydrogens (tertiary/aromatic N) is 3. The van der Waals surface area contributed by atoms with Gasteiger partial charge in [0.1, 0.15) is 18.6 Å². The molecule has 5 nitrogen and oxygen atoms in total. The van der Waals surface area contributed by atoms with Crippen LogP contribution in [0.15, 0.2) is 46.5 Å². The molecule has 1 aliphatic heterocycles. The fourth-order valence-electron chi connectivity index (χ4n) is 3.28. The van der Waals surface area contributed by atoms with E-state index < -0.39 is 0 Å². The number of aliphatic imine (C=N–C) groups is 1. The van der Waals surface area contributed by atoms with E-state index in [0.717, 1.165) is 52.7 Å². The van der Waals surface area contributed by atoms with Crippen LogP contribution in [-0.2, 0) is 4.84 Å². The summed E-state index contributed by atoms with van der Waals surface area (Å²) < 4.78 is 6.10. The second-order valence-electron chi connectivity index (χ2n) is 7.23. The molecule has 2 aromatic rings. The van der Waals surface area contributed by atoms with Crippen LogP contribution in [0.5, 0.6) is 11.5 Å². The van der Waals surface area contributed by atoms with Crippen molar-refractivity contribution in [1.82, 2.24) is 4.90 Å². The summed E-state index contributed by atoms with van der Waals surface area (Å²) in [7, 11) is 1.55. The van der Waals surface area contributed by atoms with Crippen LogP contribution in [0.4, 0.5) is 5.69 Å². The standard InChI is InChI=1S/C23H29N3O2/c1-17-15-23(28-21-10-8-20(9-11-21)19(3)25-27-4)18(2)14-22(17)24-16-26-12-6-5-7-13-26/h8-11,14-16H,5-7,12-13H2,1-4H3. The van der Waals surface area contributed by atoms with E-state index >= 15 is 0 Å². The number of rotatable bonds is 6. The van der Waals surface area contributed by atoms with Crippen LogP contribution in [0, 0.1) is 13.8 Å². The summed E-state index contributed by atoms with van der Waals surface area (Å²) in [5.74, 6) is 1.64. The molecule has 1 saturated heterocycles. The van der Waals surface area contributed by atoms with Crippen molar-refractivity contribution >= 4 is 17.7 Å². The highest BCUT2D eigenvalue weighted by Gasteiger charge is 2.09. The highest BCUT2D eigenvalue weighted by molar-refractivity contribution is 5.98. The third kappa shape index (κ3) is 5.12. The van der Waals surface area contributed by atoms with Gasteiger partial charge in [-0.3, -0.25) is 0 Å². The molecule has 0 atom stereocenters. The highest BCUT2D eigenvalue weighted by atomic mass is 16.6. The minimum atomic E-state index is 0.793. The largest absolute Gasteiger partial charge is 0.457 e. The predicted octanol–water partition coefficient (Wildman–Crippen LogP) is 5.61. The molecule has 0 aliphatic carbocycles. The Labute approximate surface area is 167 Å². The van der Waals surface area contributed by atoms with Gasteiger partial charge in [-0.25, -0.2) is 4.99 Å². The first-order valence-corrected chi connectivity index (χ1v) is 9.82. The maximum absolute atomic E-state index is 6.10. The first-order valence-electron chi connectivity index (χ1n) is 9.82. The SMILES string of the molecule is CON=C(C)c1ccc(Oc2cc(C)c(N=CN3CCCCC3)cc2C)cc1. The van der Waals surface area contributed by atoms with Crippen LogP contribution >= 0.6 is 0 Å². The van der Waals surface area contributed by atoms with Crippen molar-refractivity contribution in [3.63, 3.8) is 0 Å². The summed E-state index contributed by atoms with van der Waals surface area (Å²) in [6.07, 6.45) is 5.83. The Bertz CT molecular complexity index is 851. The van der Waals surface area contributed by atoms with Crippen molar-refractivity contribution in [2.24, 2.45) is 10.1 Å². The second-order valence-corrected chi connectivity index (χ2v) is 7.23. The molecular weight excluding hydrogens is 350 g/mol. The van der Waals surface area contributed by atoms with E-state index in [-0.39, 0.29) is 0 Å². The lowest BCUT2D eigenvalue weighted by Crippen LogP contribution is -2.28. The first-order chi connectivity index (χ1) is 13.6. The minimum Gasteiger partial charge on any atom is -0.457 e. The van der Waals surface area contributed by atoms with E-state index in [1.807, 2.05) is 37.5 Å². The number of aryl methyl sites for hydroxylation is 2. The lowest BCUT2D eigenvalue weighted by atomic mass is 10.1. The third-order valence-electron chi connectivity index (χ3n) is 4.97. The number of piperidine rings is 1. The van der Waals surface area contributed by atoms with Gasteiger partial charge in [0.05, 0.1) is 17.7 Å². The van der Waals surface area contributed by atoms with Crippen LogP contribution in [-0.4, -0.2) is 37.1 Å². The lowest BCUT2D eigenvalue weighted by Gasteiger charge is -2.24. The topological polar surface area (TPSA) is 46.4 Å². The molecule has 0 radical (unpaired) electrons. The molecule has 0 spiro atoms. The zero-order valence-electron chi connectivity index (χ0n) is 17.2. The van der Waals surface area contributed by atoms with Gasteiger partial charge in [-0.2, -0.15) is 0 Å². The number of ether oxygens (including phenoxy) is 1. The second kappa shape index (κ2) is 9.40. The average molecular weight is 380 g/mol. The fourth-order valence-corrected chi connectivity index (χ4v) is 3.28. The summed E-state index contributed by atoms with van der Waals surface area (Å²) in [5.41, 5.74) is 5.00. The van der Waals surface area contributed by atoms with Crippen molar-refractivity contribution in [2.75, 3.05) is 20.2 Å². The Balaban J connectivity index is 1.72. The van der Waals surface area contributed by atoms with E-state index in [4.69, 9.17) is 14.6 Å². The van der Waals surface area contributed by atoms with Gasteiger partial charge < -0.3 is 14.5 Å². The number of oxime groups is 1. The van der Waals surface area contributed by atoms with E-state index in [9.17, 15) is 0 Å². The maximum atomic E-state index is 6.10. The smallest absolute Gasteiger partial charge is 0.130 e. The van der Waals surface area contributed by atoms with Crippen molar-refractivity contribution in [2.45, 2.75) is 40.0 Å². The molecule has 0 amide bonds. The maximum Gasteiger partial charge on any atom is 0.130 e. The molecule has 0 aromatic heterocycles. The van der Waals surface area contributed by atoms with Crippen LogP contribution in [0.2, 0.25) is 0 Å². The molecule has 1 aliphatic rings. The lowest BCUT2D eigenvalue weighted by molar-refractivity contribution is 0.213. The van der Waals surface area contributed by atoms with Crippen molar-refractivity contribution in [3.05, 3.63) is 53.1 Å². The van der Waals surface area contributed by atoms with Gasteiger partial charge in [0.25, 0.3) is 0 Å². The van der Waals surface area contributed by atoms with Crippen LogP contribution in [0.3, 0.4) is 0 Å². The summed E-state index contributed by atoms with van der Waals surface area (Å²) in [6, 6.07) is 12.0. The van der Waals surface area contributed by atoms with E-state index in [2.05, 4.69) is 36.0 Å². The van der Waals surface area contributed by atoms with Gasteiger partial charge in [-0.1, -0.05) is 5.16 Å². The molecule has 0 N–H and O–H groups in total. The molecule has 0 unspecified atom stereocenters. The highest BCUT2D eigenvalue weighted by Crippen LogP contribution is 2.31. The Morgan fingerprint density at radius 3 is 2.39 bits per heavy atom. The zero-order valence-corrected chi connectivity index (χ0v) is 17.2. The Kier molecular flexibility index (Phi) is 6.69. The molecule has 2 aromatic carbocycles. The van der Waals surface area contributed by atoms with Crippen molar-refractivity contribution in [3.8, 4) is 11.5 Å². The fraction of sp³-hybridized carbons (Fsp3) is 0.391. The van der Waals surface area contributed by atoms with Gasteiger partial charge >= 0.3 is 0 Å². The third-order valence-corrected chi connectivity index (χ3v) is 4.97. The van der Waals surface area contributed by atoms with Gasteiger partial charge in [0.2, 0.25) is 0 Å². The van der Waals surface area contributed by atoms with Gasteiger partial charge in [0.15, 0.2) is 0 Å². The van der Waals surface area contributed by atoms with Crippen LogP contribution < -0.4 is 4.74 Å². The summed E-state index contributed by atoms with van der Waals surface area (Å²) in [4.78, 5) is 11.8. The quantitative estimate of drug-likeness (QED) is 0.372. The number of benzene rings is 2. The molecule has 148 valence electrons. The minimum absolute atomic E-state index is 0.793. The predicted molar refractivity (Wildman–Crippen MR) is 115 cm³/mol. The van der Waals surface area contributed by atoms with Gasteiger partial charge in [-0.05, 0) is 93.1 Å². The number of hydrogen-bond acceptors (Lipinski definition) is 4. The van der Waals surface area contributed by atoms with Crippen molar-refractivity contribution < 1.29 is 9.57 Å². The Morgan fingerprint density at radius 2 is 1.71 bits per heavy atom. The molecular formula is C23H29N3O2. The molecule has 0 bridgehead atoms. The molecule has 1 heterocycles. The summed E-state index contributed by atoms with van der Waals surface area (Å²) in [5, 5.41) is 3.95. The molecule has 1 fully saturated rings. The molecule has 0 saturated carbocycles. The number of hydrogen-bond donors (Lipinski definition) is 0. The number of likely N-dealkylation sites (tertiary alicyclic amines) is 1. The monoisotopic (exact) mass is 379 g/mol. The van der Waals surface area contributed by atoms with Crippen LogP contribution in [0.25, 0.3) is 0 Å². The Hall–Kier alpha value is -2.82. The molecule has 28 heavy (non-hydrogen) atoms. The normalized spacial score (nSPS) is 15.1. The van der Waals surface area contributed by atoms with Crippen LogP contribution in [0.1, 0.15) is 42.9 Å². The summed E-state index contributed by atoms with van der Waals surface area (Å²) in [6.45, 7) is 8.25. The molecule has 3 rings (SSSR count). The zero-order chi connectivity index (χ0) is 19.9. The van der Waals surface area contributed by atoms with Gasteiger partial charge in [0, 0.05) is 13.1 Å². The van der Waals surface area contributed by atoms with E-state index in [1.165, 1.54) is 19.3 Å². The average Bonchev–Trinajstić information content (AvgIpc) is 2.71. The Morgan fingerprint density at radius 1 is 1.00 bits per heavy atom. The van der Waals surface area contributed by atoms with E-state index in [0.29, 0.717) is 0 Å². The van der Waals surface area contributed by atoms with E-state index in [1.54, 1.807) is 7.11 Å². The first kappa shape index (κ1) is 19.9. The summed E-state index contributed by atoms with van der Waals surface area (Å²) >= 11 is 0. The van der Waals surface area contributed by atoms with Crippen molar-refractivity contribution in [1.29, 1.82) is 0 Å². The molecule has 5 heteroatoms. The van der Waals surface area contributed by atoms with Gasteiger partial charge in [-0.15, -0.1) is 0 Å².